The smallest absolute Gasteiger partial charge is 0.387 e. The van der Waals surface area contributed by atoms with Gasteiger partial charge in [-0.1, -0.05) is 11.2 Å². The summed E-state index contributed by atoms with van der Waals surface area (Å²) in [6.45, 7) is -1.81. The number of hydrogen-bond donors (Lipinski definition) is 1. The largest absolute Gasteiger partial charge is 0.493 e. The van der Waals surface area contributed by atoms with E-state index in [1.807, 2.05) is 11.9 Å². The van der Waals surface area contributed by atoms with Gasteiger partial charge < -0.3 is 19.7 Å². The van der Waals surface area contributed by atoms with Crippen LogP contribution >= 0.6 is 0 Å². The first-order chi connectivity index (χ1) is 11.0. The molecular formula is C14H18F2N4O3. The van der Waals surface area contributed by atoms with Crippen molar-refractivity contribution in [3.8, 4) is 11.5 Å². The lowest BCUT2D eigenvalue weighted by atomic mass is 10.2. The second-order valence-electron chi connectivity index (χ2n) is 4.84. The molecule has 0 saturated carbocycles. The first-order valence-electron chi connectivity index (χ1n) is 6.83. The fourth-order valence-electron chi connectivity index (χ4n) is 2.05. The van der Waals surface area contributed by atoms with Gasteiger partial charge in [-0.2, -0.15) is 13.8 Å². The topological polar surface area (TPSA) is 86.6 Å². The molecule has 0 fully saturated rings. The SMILES string of the molecule is COc1ccc(CN(C)Cc2noc(CN)n2)cc1OC(F)F. The van der Waals surface area contributed by atoms with Crippen molar-refractivity contribution < 1.29 is 22.8 Å². The molecule has 0 unspecified atom stereocenters. The van der Waals surface area contributed by atoms with Crippen LogP contribution in [-0.4, -0.2) is 35.8 Å². The quantitative estimate of drug-likeness (QED) is 0.790. The van der Waals surface area contributed by atoms with Gasteiger partial charge in [0, 0.05) is 6.54 Å². The van der Waals surface area contributed by atoms with Crippen molar-refractivity contribution in [2.24, 2.45) is 5.73 Å². The molecular weight excluding hydrogens is 310 g/mol. The van der Waals surface area contributed by atoms with E-state index in [0.29, 0.717) is 24.8 Å². The zero-order chi connectivity index (χ0) is 16.8. The van der Waals surface area contributed by atoms with Gasteiger partial charge >= 0.3 is 6.61 Å². The van der Waals surface area contributed by atoms with E-state index in [-0.39, 0.29) is 18.0 Å². The van der Waals surface area contributed by atoms with Crippen LogP contribution in [0.2, 0.25) is 0 Å². The molecule has 0 saturated heterocycles. The van der Waals surface area contributed by atoms with E-state index in [2.05, 4.69) is 14.9 Å². The van der Waals surface area contributed by atoms with E-state index in [0.717, 1.165) is 5.56 Å². The molecule has 0 amide bonds. The number of nitrogens with two attached hydrogens (primary N) is 1. The minimum atomic E-state index is -2.91. The fraction of sp³-hybridized carbons (Fsp3) is 0.429. The Labute approximate surface area is 132 Å². The van der Waals surface area contributed by atoms with Gasteiger partial charge in [-0.15, -0.1) is 0 Å². The summed E-state index contributed by atoms with van der Waals surface area (Å²) in [6.07, 6.45) is 0. The second kappa shape index (κ2) is 7.84. The molecule has 0 bridgehead atoms. The van der Waals surface area contributed by atoms with Crippen molar-refractivity contribution in [1.82, 2.24) is 15.0 Å². The maximum absolute atomic E-state index is 12.4. The summed E-state index contributed by atoms with van der Waals surface area (Å²) < 4.78 is 39.2. The summed E-state index contributed by atoms with van der Waals surface area (Å²) >= 11 is 0. The molecule has 0 aliphatic heterocycles. The Morgan fingerprint density at radius 2 is 2.09 bits per heavy atom. The maximum atomic E-state index is 12.4. The summed E-state index contributed by atoms with van der Waals surface area (Å²) in [7, 11) is 3.24. The van der Waals surface area contributed by atoms with E-state index >= 15 is 0 Å². The Hall–Kier alpha value is -2.26. The molecule has 9 heteroatoms. The first kappa shape index (κ1) is 17.1. The third-order valence-corrected chi connectivity index (χ3v) is 2.99. The highest BCUT2D eigenvalue weighted by molar-refractivity contribution is 5.43. The molecule has 23 heavy (non-hydrogen) atoms. The van der Waals surface area contributed by atoms with Gasteiger partial charge in [-0.25, -0.2) is 0 Å². The van der Waals surface area contributed by atoms with Crippen LogP contribution < -0.4 is 15.2 Å². The van der Waals surface area contributed by atoms with Crippen molar-refractivity contribution in [3.63, 3.8) is 0 Å². The average molecular weight is 328 g/mol. The molecule has 0 aliphatic carbocycles. The zero-order valence-electron chi connectivity index (χ0n) is 12.8. The number of rotatable bonds is 8. The number of ether oxygens (including phenoxy) is 2. The normalized spacial score (nSPS) is 11.3. The van der Waals surface area contributed by atoms with Crippen molar-refractivity contribution >= 4 is 0 Å². The van der Waals surface area contributed by atoms with Gasteiger partial charge in [0.2, 0.25) is 5.89 Å². The van der Waals surface area contributed by atoms with Gasteiger partial charge in [-0.05, 0) is 24.7 Å². The van der Waals surface area contributed by atoms with Crippen LogP contribution in [0.15, 0.2) is 22.7 Å². The van der Waals surface area contributed by atoms with Gasteiger partial charge in [0.05, 0.1) is 20.2 Å². The zero-order valence-corrected chi connectivity index (χ0v) is 12.8. The third-order valence-electron chi connectivity index (χ3n) is 2.99. The molecule has 0 atom stereocenters. The number of aromatic nitrogens is 2. The molecule has 1 aromatic heterocycles. The monoisotopic (exact) mass is 328 g/mol. The Kier molecular flexibility index (Phi) is 5.83. The maximum Gasteiger partial charge on any atom is 0.387 e. The predicted octanol–water partition coefficient (Wildman–Crippen LogP) is 1.77. The van der Waals surface area contributed by atoms with Gasteiger partial charge in [0.15, 0.2) is 17.3 Å². The van der Waals surface area contributed by atoms with Crippen molar-refractivity contribution in [2.45, 2.75) is 26.2 Å². The average Bonchev–Trinajstić information content (AvgIpc) is 2.94. The summed E-state index contributed by atoms with van der Waals surface area (Å²) in [6, 6.07) is 4.87. The molecule has 2 N–H and O–H groups in total. The third kappa shape index (κ3) is 4.86. The lowest BCUT2D eigenvalue weighted by Crippen LogP contribution is -2.18. The van der Waals surface area contributed by atoms with Gasteiger partial charge in [-0.3, -0.25) is 4.90 Å². The minimum absolute atomic E-state index is 0.00150. The highest BCUT2D eigenvalue weighted by atomic mass is 19.3. The summed E-state index contributed by atoms with van der Waals surface area (Å²) in [5.41, 5.74) is 6.19. The van der Waals surface area contributed by atoms with Crippen LogP contribution in [0, 0.1) is 0 Å². The molecule has 2 rings (SSSR count). The Morgan fingerprint density at radius 3 is 2.70 bits per heavy atom. The van der Waals surface area contributed by atoms with Crippen LogP contribution in [0.3, 0.4) is 0 Å². The molecule has 1 aromatic carbocycles. The summed E-state index contributed by atoms with van der Waals surface area (Å²) in [5, 5.41) is 3.80. The van der Waals surface area contributed by atoms with Gasteiger partial charge in [0.1, 0.15) is 0 Å². The standard InChI is InChI=1S/C14H18F2N4O3/c1-20(8-12-18-13(6-17)23-19-12)7-9-3-4-10(21-2)11(5-9)22-14(15)16/h3-5,14H,6-8,17H2,1-2H3. The van der Waals surface area contributed by atoms with Crippen molar-refractivity contribution in [3.05, 3.63) is 35.5 Å². The lowest BCUT2D eigenvalue weighted by Gasteiger charge is -2.16. The highest BCUT2D eigenvalue weighted by Crippen LogP contribution is 2.29. The fourth-order valence-corrected chi connectivity index (χ4v) is 2.05. The number of nitrogens with zero attached hydrogens (tertiary/aromatic N) is 3. The van der Waals surface area contributed by atoms with Crippen LogP contribution in [0.25, 0.3) is 0 Å². The highest BCUT2D eigenvalue weighted by Gasteiger charge is 2.13. The van der Waals surface area contributed by atoms with E-state index in [9.17, 15) is 8.78 Å². The number of hydrogen-bond acceptors (Lipinski definition) is 7. The lowest BCUT2D eigenvalue weighted by molar-refractivity contribution is -0.0512. The van der Waals surface area contributed by atoms with E-state index < -0.39 is 6.61 Å². The predicted molar refractivity (Wildman–Crippen MR) is 77.0 cm³/mol. The Bertz CT molecular complexity index is 636. The molecule has 0 radical (unpaired) electrons. The molecule has 0 aliphatic rings. The molecule has 2 aromatic rings. The van der Waals surface area contributed by atoms with Crippen molar-refractivity contribution in [1.29, 1.82) is 0 Å². The van der Waals surface area contributed by atoms with E-state index in [1.165, 1.54) is 13.2 Å². The Morgan fingerprint density at radius 1 is 1.30 bits per heavy atom. The molecule has 1 heterocycles. The minimum Gasteiger partial charge on any atom is -0.493 e. The Balaban J connectivity index is 2.03. The number of benzene rings is 1. The number of alkyl halides is 2. The second-order valence-corrected chi connectivity index (χ2v) is 4.84. The summed E-state index contributed by atoms with van der Waals surface area (Å²) in [5.74, 6) is 1.12. The first-order valence-corrected chi connectivity index (χ1v) is 6.83. The van der Waals surface area contributed by atoms with Crippen LogP contribution in [0.1, 0.15) is 17.3 Å². The molecule has 0 spiro atoms. The molecule has 126 valence electrons. The number of halogens is 2. The van der Waals surface area contributed by atoms with Crippen LogP contribution in [-0.2, 0) is 19.6 Å². The van der Waals surface area contributed by atoms with E-state index in [4.69, 9.17) is 15.0 Å². The van der Waals surface area contributed by atoms with Crippen LogP contribution in [0.4, 0.5) is 8.78 Å². The van der Waals surface area contributed by atoms with Gasteiger partial charge in [0.25, 0.3) is 0 Å². The summed E-state index contributed by atoms with van der Waals surface area (Å²) in [4.78, 5) is 6.01. The van der Waals surface area contributed by atoms with Crippen molar-refractivity contribution in [2.75, 3.05) is 14.2 Å². The van der Waals surface area contributed by atoms with E-state index in [1.54, 1.807) is 12.1 Å². The molecule has 7 nitrogen and oxygen atoms in total. The number of methoxy groups -OCH3 is 1. The van der Waals surface area contributed by atoms with Crippen LogP contribution in [0.5, 0.6) is 11.5 Å².